The molecule has 1 aliphatic carbocycles. The zero-order chi connectivity index (χ0) is 22.5. The Morgan fingerprint density at radius 3 is 2.44 bits per heavy atom. The second kappa shape index (κ2) is 9.55. The van der Waals surface area contributed by atoms with Crippen LogP contribution in [0.5, 0.6) is 0 Å². The first kappa shape index (κ1) is 21.4. The van der Waals surface area contributed by atoms with Crippen LogP contribution in [0.2, 0.25) is 0 Å². The molecule has 0 bridgehead atoms. The SMILES string of the molecule is CCOC(=O)c1ccc(NC(=O)Nc2c(NC3CCCC3)c3ccccc3oc2=O)cc1. The molecule has 1 heterocycles. The van der Waals surface area contributed by atoms with Crippen molar-refractivity contribution >= 4 is 40.0 Å². The fourth-order valence-electron chi connectivity index (χ4n) is 3.87. The minimum Gasteiger partial charge on any atom is -0.462 e. The molecule has 0 aliphatic heterocycles. The summed E-state index contributed by atoms with van der Waals surface area (Å²) in [4.78, 5) is 37.1. The van der Waals surface area contributed by atoms with E-state index in [9.17, 15) is 14.4 Å². The summed E-state index contributed by atoms with van der Waals surface area (Å²) in [5.74, 6) is -0.431. The molecule has 3 N–H and O–H groups in total. The first-order valence-electron chi connectivity index (χ1n) is 10.7. The number of carbonyl (C=O) groups is 2. The van der Waals surface area contributed by atoms with Gasteiger partial charge in [-0.25, -0.2) is 14.4 Å². The van der Waals surface area contributed by atoms with Crippen LogP contribution in [-0.2, 0) is 4.74 Å². The summed E-state index contributed by atoms with van der Waals surface area (Å²) in [6, 6.07) is 13.2. The summed E-state index contributed by atoms with van der Waals surface area (Å²) >= 11 is 0. The Hall–Kier alpha value is -3.81. The number of benzene rings is 2. The number of anilines is 3. The Kier molecular flexibility index (Phi) is 6.39. The maximum absolute atomic E-state index is 12.7. The predicted octanol–water partition coefficient (Wildman–Crippen LogP) is 4.97. The number of nitrogens with one attached hydrogen (secondary N) is 3. The summed E-state index contributed by atoms with van der Waals surface area (Å²) in [5.41, 5.74) is 1.31. The normalized spacial score (nSPS) is 13.7. The van der Waals surface area contributed by atoms with E-state index in [0.717, 1.165) is 31.1 Å². The van der Waals surface area contributed by atoms with Crippen molar-refractivity contribution in [3.05, 3.63) is 64.5 Å². The van der Waals surface area contributed by atoms with Gasteiger partial charge in [0, 0.05) is 17.1 Å². The summed E-state index contributed by atoms with van der Waals surface area (Å²) in [7, 11) is 0. The van der Waals surface area contributed by atoms with E-state index in [-0.39, 0.29) is 18.3 Å². The number of hydrogen-bond acceptors (Lipinski definition) is 6. The number of esters is 1. The van der Waals surface area contributed by atoms with Gasteiger partial charge in [-0.2, -0.15) is 0 Å². The Morgan fingerprint density at radius 1 is 1.00 bits per heavy atom. The van der Waals surface area contributed by atoms with Crippen molar-refractivity contribution in [1.29, 1.82) is 0 Å². The first-order valence-corrected chi connectivity index (χ1v) is 10.7. The molecule has 4 rings (SSSR count). The lowest BCUT2D eigenvalue weighted by Gasteiger charge is -2.18. The van der Waals surface area contributed by atoms with Crippen LogP contribution in [0, 0.1) is 0 Å². The van der Waals surface area contributed by atoms with Crippen LogP contribution in [0.4, 0.5) is 21.9 Å². The third kappa shape index (κ3) is 4.74. The van der Waals surface area contributed by atoms with Crippen LogP contribution in [0.1, 0.15) is 43.0 Å². The molecule has 1 fully saturated rings. The van der Waals surface area contributed by atoms with E-state index in [0.29, 0.717) is 22.5 Å². The molecule has 0 saturated heterocycles. The number of rotatable bonds is 6. The van der Waals surface area contributed by atoms with Gasteiger partial charge in [0.2, 0.25) is 0 Å². The third-order valence-corrected chi connectivity index (χ3v) is 5.41. The molecule has 1 aliphatic rings. The average Bonchev–Trinajstić information content (AvgIpc) is 3.30. The largest absolute Gasteiger partial charge is 0.462 e. The third-order valence-electron chi connectivity index (χ3n) is 5.41. The fraction of sp³-hybridized carbons (Fsp3) is 0.292. The summed E-state index contributed by atoms with van der Waals surface area (Å²) in [5, 5.41) is 9.49. The fourth-order valence-corrected chi connectivity index (χ4v) is 3.87. The zero-order valence-corrected chi connectivity index (χ0v) is 17.8. The molecule has 8 nitrogen and oxygen atoms in total. The number of amides is 2. The van der Waals surface area contributed by atoms with E-state index in [4.69, 9.17) is 9.15 Å². The summed E-state index contributed by atoms with van der Waals surface area (Å²) in [6.45, 7) is 2.02. The highest BCUT2D eigenvalue weighted by Crippen LogP contribution is 2.32. The minimum absolute atomic E-state index is 0.0660. The quantitative estimate of drug-likeness (QED) is 0.373. The van der Waals surface area contributed by atoms with Gasteiger partial charge in [0.25, 0.3) is 0 Å². The van der Waals surface area contributed by atoms with Gasteiger partial charge in [0.15, 0.2) is 5.69 Å². The molecule has 2 amide bonds. The highest BCUT2D eigenvalue weighted by Gasteiger charge is 2.22. The second-order valence-corrected chi connectivity index (χ2v) is 7.64. The van der Waals surface area contributed by atoms with Gasteiger partial charge in [-0.1, -0.05) is 25.0 Å². The van der Waals surface area contributed by atoms with Gasteiger partial charge in [0.1, 0.15) is 5.58 Å². The van der Waals surface area contributed by atoms with E-state index < -0.39 is 17.6 Å². The Morgan fingerprint density at radius 2 is 1.72 bits per heavy atom. The molecule has 0 unspecified atom stereocenters. The van der Waals surface area contributed by atoms with Crippen LogP contribution in [0.3, 0.4) is 0 Å². The lowest BCUT2D eigenvalue weighted by Crippen LogP contribution is -2.26. The molecule has 8 heteroatoms. The van der Waals surface area contributed by atoms with Crippen molar-refractivity contribution in [3.63, 3.8) is 0 Å². The Labute approximate surface area is 185 Å². The molecular formula is C24H25N3O5. The van der Waals surface area contributed by atoms with Crippen LogP contribution in [0.15, 0.2) is 57.7 Å². The Balaban J connectivity index is 1.56. The molecule has 32 heavy (non-hydrogen) atoms. The molecule has 2 aromatic carbocycles. The summed E-state index contributed by atoms with van der Waals surface area (Å²) < 4.78 is 10.4. The smallest absolute Gasteiger partial charge is 0.362 e. The maximum atomic E-state index is 12.7. The van der Waals surface area contributed by atoms with Crippen molar-refractivity contribution in [2.24, 2.45) is 0 Å². The lowest BCUT2D eigenvalue weighted by atomic mass is 10.1. The number of para-hydroxylation sites is 1. The monoisotopic (exact) mass is 435 g/mol. The number of urea groups is 1. The number of ether oxygens (including phenoxy) is 1. The molecular weight excluding hydrogens is 410 g/mol. The van der Waals surface area contributed by atoms with Gasteiger partial charge < -0.3 is 19.8 Å². The van der Waals surface area contributed by atoms with Crippen LogP contribution in [-0.4, -0.2) is 24.6 Å². The molecule has 166 valence electrons. The van der Waals surface area contributed by atoms with Gasteiger partial charge in [0.05, 0.1) is 17.9 Å². The molecule has 1 aromatic heterocycles. The highest BCUT2D eigenvalue weighted by molar-refractivity contribution is 6.06. The maximum Gasteiger partial charge on any atom is 0.362 e. The van der Waals surface area contributed by atoms with Gasteiger partial charge in [-0.05, 0) is 56.2 Å². The van der Waals surface area contributed by atoms with Crippen LogP contribution >= 0.6 is 0 Å². The van der Waals surface area contributed by atoms with Gasteiger partial charge in [-0.15, -0.1) is 0 Å². The van der Waals surface area contributed by atoms with E-state index in [1.807, 2.05) is 12.1 Å². The van der Waals surface area contributed by atoms with Crippen molar-refractivity contribution in [2.75, 3.05) is 22.6 Å². The van der Waals surface area contributed by atoms with E-state index >= 15 is 0 Å². The molecule has 0 radical (unpaired) electrons. The average molecular weight is 435 g/mol. The number of hydrogen-bond donors (Lipinski definition) is 3. The van der Waals surface area contributed by atoms with Gasteiger partial charge in [-0.3, -0.25) is 5.32 Å². The Bertz CT molecular complexity index is 1180. The van der Waals surface area contributed by atoms with Crippen molar-refractivity contribution in [1.82, 2.24) is 0 Å². The molecule has 0 atom stereocenters. The summed E-state index contributed by atoms with van der Waals surface area (Å²) in [6.07, 6.45) is 4.27. The minimum atomic E-state index is -0.628. The zero-order valence-electron chi connectivity index (χ0n) is 17.8. The van der Waals surface area contributed by atoms with Crippen molar-refractivity contribution in [2.45, 2.75) is 38.6 Å². The molecule has 1 saturated carbocycles. The van der Waals surface area contributed by atoms with Crippen LogP contribution in [0.25, 0.3) is 11.0 Å². The molecule has 0 spiro atoms. The standard InChI is InChI=1S/C24H25N3O5/c1-2-31-22(28)15-11-13-17(14-12-15)26-24(30)27-21-20(25-16-7-3-4-8-16)18-9-5-6-10-19(18)32-23(21)29/h5-6,9-14,16,25H,2-4,7-8H2,1H3,(H2,26,27,30). The van der Waals surface area contributed by atoms with Gasteiger partial charge >= 0.3 is 17.6 Å². The van der Waals surface area contributed by atoms with Crippen molar-refractivity contribution < 1.29 is 18.7 Å². The van der Waals surface area contributed by atoms with Crippen LogP contribution < -0.4 is 21.6 Å². The predicted molar refractivity (Wildman–Crippen MR) is 123 cm³/mol. The van der Waals surface area contributed by atoms with E-state index in [2.05, 4.69) is 16.0 Å². The van der Waals surface area contributed by atoms with Crippen molar-refractivity contribution in [3.8, 4) is 0 Å². The molecule has 3 aromatic rings. The highest BCUT2D eigenvalue weighted by atomic mass is 16.5. The van der Waals surface area contributed by atoms with E-state index in [1.165, 1.54) is 0 Å². The first-order chi connectivity index (χ1) is 15.5. The topological polar surface area (TPSA) is 110 Å². The second-order valence-electron chi connectivity index (χ2n) is 7.64. The number of fused-ring (bicyclic) bond motifs is 1. The lowest BCUT2D eigenvalue weighted by molar-refractivity contribution is 0.0526. The number of carbonyl (C=O) groups excluding carboxylic acids is 2. The van der Waals surface area contributed by atoms with E-state index in [1.54, 1.807) is 43.3 Å².